The fourth-order valence-electron chi connectivity index (χ4n) is 2.61. The lowest BCUT2D eigenvalue weighted by Crippen LogP contribution is -2.44. The Morgan fingerprint density at radius 2 is 2.08 bits per heavy atom. The van der Waals surface area contributed by atoms with Gasteiger partial charge in [-0.3, -0.25) is 4.79 Å². The van der Waals surface area contributed by atoms with E-state index in [1.54, 1.807) is 4.90 Å². The summed E-state index contributed by atoms with van der Waals surface area (Å²) in [6.45, 7) is 2.21. The molecule has 132 valence electrons. The molecule has 7 nitrogen and oxygen atoms in total. The van der Waals surface area contributed by atoms with Gasteiger partial charge in [0.2, 0.25) is 10.0 Å². The van der Waals surface area contributed by atoms with Gasteiger partial charge in [0.15, 0.2) is 6.61 Å². The van der Waals surface area contributed by atoms with Crippen molar-refractivity contribution in [3.05, 3.63) is 28.8 Å². The predicted octanol–water partition coefficient (Wildman–Crippen LogP) is 1.55. The zero-order valence-corrected chi connectivity index (χ0v) is 14.8. The number of carbonyl (C=O) groups is 2. The van der Waals surface area contributed by atoms with Gasteiger partial charge in [-0.25, -0.2) is 18.4 Å². The number of halogens is 1. The number of hydrogen-bond donors (Lipinski definition) is 1. The number of sulfonamides is 1. The molecule has 0 unspecified atom stereocenters. The van der Waals surface area contributed by atoms with Gasteiger partial charge < -0.3 is 9.64 Å². The van der Waals surface area contributed by atoms with E-state index in [1.165, 1.54) is 12.1 Å². The van der Waals surface area contributed by atoms with Gasteiger partial charge >= 0.3 is 5.97 Å². The quantitative estimate of drug-likeness (QED) is 0.804. The highest BCUT2D eigenvalue weighted by molar-refractivity contribution is 7.89. The number of nitrogens with zero attached hydrogens (tertiary/aromatic N) is 1. The van der Waals surface area contributed by atoms with Crippen LogP contribution in [0, 0.1) is 0 Å². The van der Waals surface area contributed by atoms with E-state index < -0.39 is 22.6 Å². The Morgan fingerprint density at radius 1 is 1.38 bits per heavy atom. The van der Waals surface area contributed by atoms with Crippen molar-refractivity contribution in [2.75, 3.05) is 13.2 Å². The summed E-state index contributed by atoms with van der Waals surface area (Å²) in [4.78, 5) is 25.5. The Balaban J connectivity index is 2.04. The second kappa shape index (κ2) is 7.50. The molecule has 24 heavy (non-hydrogen) atoms. The Morgan fingerprint density at radius 3 is 2.71 bits per heavy atom. The van der Waals surface area contributed by atoms with Crippen molar-refractivity contribution in [2.24, 2.45) is 5.14 Å². The Kier molecular flexibility index (Phi) is 5.84. The normalized spacial score (nSPS) is 18.3. The molecule has 1 heterocycles. The fourth-order valence-corrected chi connectivity index (χ4v) is 3.68. The highest BCUT2D eigenvalue weighted by atomic mass is 35.5. The Labute approximate surface area is 145 Å². The van der Waals surface area contributed by atoms with Crippen LogP contribution in [0.3, 0.4) is 0 Å². The molecule has 1 saturated heterocycles. The van der Waals surface area contributed by atoms with Crippen LogP contribution in [0.15, 0.2) is 23.1 Å². The highest BCUT2D eigenvalue weighted by Crippen LogP contribution is 2.22. The first-order valence-electron chi connectivity index (χ1n) is 7.49. The molecular formula is C15H19ClN2O5S. The molecule has 0 saturated carbocycles. The molecule has 0 bridgehead atoms. The molecule has 0 aromatic heterocycles. The Hall–Kier alpha value is -1.64. The van der Waals surface area contributed by atoms with Crippen molar-refractivity contribution < 1.29 is 22.7 Å². The van der Waals surface area contributed by atoms with E-state index in [-0.39, 0.29) is 27.4 Å². The van der Waals surface area contributed by atoms with Crippen LogP contribution in [0.1, 0.15) is 36.5 Å². The van der Waals surface area contributed by atoms with Crippen LogP contribution in [-0.4, -0.2) is 44.4 Å². The SMILES string of the molecule is C[C@H]1CCCCN1C(=O)COC(=O)c1ccc(Cl)c(S(N)(=O)=O)c1. The lowest BCUT2D eigenvalue weighted by Gasteiger charge is -2.33. The summed E-state index contributed by atoms with van der Waals surface area (Å²) < 4.78 is 27.8. The van der Waals surface area contributed by atoms with Gasteiger partial charge in [0.05, 0.1) is 10.6 Å². The Bertz CT molecular complexity index is 750. The molecule has 1 aliphatic heterocycles. The smallest absolute Gasteiger partial charge is 0.338 e. The number of primary sulfonamides is 1. The molecule has 1 amide bonds. The van der Waals surface area contributed by atoms with E-state index >= 15 is 0 Å². The summed E-state index contributed by atoms with van der Waals surface area (Å²) in [6.07, 6.45) is 2.93. The van der Waals surface area contributed by atoms with Gasteiger partial charge in [-0.05, 0) is 44.4 Å². The van der Waals surface area contributed by atoms with Crippen LogP contribution in [0.5, 0.6) is 0 Å². The fraction of sp³-hybridized carbons (Fsp3) is 0.467. The number of nitrogens with two attached hydrogens (primary N) is 1. The van der Waals surface area contributed by atoms with Crippen LogP contribution in [0.25, 0.3) is 0 Å². The van der Waals surface area contributed by atoms with Gasteiger partial charge in [0.25, 0.3) is 5.91 Å². The number of benzene rings is 1. The molecule has 1 aliphatic rings. The van der Waals surface area contributed by atoms with Gasteiger partial charge in [-0.2, -0.15) is 0 Å². The minimum Gasteiger partial charge on any atom is -0.452 e. The number of hydrogen-bond acceptors (Lipinski definition) is 5. The molecule has 9 heteroatoms. The summed E-state index contributed by atoms with van der Waals surface area (Å²) in [6, 6.07) is 3.71. The van der Waals surface area contributed by atoms with Crippen LogP contribution >= 0.6 is 11.6 Å². The maximum atomic E-state index is 12.1. The van der Waals surface area contributed by atoms with Crippen molar-refractivity contribution in [3.8, 4) is 0 Å². The number of ether oxygens (including phenoxy) is 1. The van der Waals surface area contributed by atoms with Gasteiger partial charge in [-0.1, -0.05) is 11.6 Å². The monoisotopic (exact) mass is 374 g/mol. The molecule has 1 fully saturated rings. The van der Waals surface area contributed by atoms with Crippen molar-refractivity contribution >= 4 is 33.5 Å². The second-order valence-corrected chi connectivity index (χ2v) is 7.64. The summed E-state index contributed by atoms with van der Waals surface area (Å²) in [7, 11) is -4.06. The zero-order chi connectivity index (χ0) is 17.9. The summed E-state index contributed by atoms with van der Waals surface area (Å²) in [5.41, 5.74) is -0.0390. The lowest BCUT2D eigenvalue weighted by atomic mass is 10.0. The van der Waals surface area contributed by atoms with E-state index in [0.717, 1.165) is 25.3 Å². The van der Waals surface area contributed by atoms with Crippen molar-refractivity contribution in [3.63, 3.8) is 0 Å². The van der Waals surface area contributed by atoms with E-state index in [1.807, 2.05) is 6.92 Å². The third-order valence-electron chi connectivity index (χ3n) is 3.92. The standard InChI is InChI=1S/C15H19ClN2O5S/c1-10-4-2-3-7-18(10)14(19)9-23-15(20)11-5-6-12(16)13(8-11)24(17,21)22/h5-6,8,10H,2-4,7,9H2,1H3,(H2,17,21,22)/t10-/m0/s1. The lowest BCUT2D eigenvalue weighted by molar-refractivity contribution is -0.137. The summed E-state index contributed by atoms with van der Waals surface area (Å²) in [5.74, 6) is -1.08. The number of esters is 1. The topological polar surface area (TPSA) is 107 Å². The first-order chi connectivity index (χ1) is 11.2. The maximum absolute atomic E-state index is 12.1. The first kappa shape index (κ1) is 18.7. The highest BCUT2D eigenvalue weighted by Gasteiger charge is 2.24. The minimum absolute atomic E-state index is 0.0390. The number of likely N-dealkylation sites (tertiary alicyclic amines) is 1. The molecule has 0 spiro atoms. The predicted molar refractivity (Wildman–Crippen MR) is 88.1 cm³/mol. The zero-order valence-electron chi connectivity index (χ0n) is 13.2. The molecule has 2 rings (SSSR count). The van der Waals surface area contributed by atoms with E-state index in [9.17, 15) is 18.0 Å². The third kappa shape index (κ3) is 4.46. The average Bonchev–Trinajstić information content (AvgIpc) is 2.52. The molecule has 2 N–H and O–H groups in total. The third-order valence-corrected chi connectivity index (χ3v) is 5.32. The van der Waals surface area contributed by atoms with Crippen LogP contribution in [0.4, 0.5) is 0 Å². The first-order valence-corrected chi connectivity index (χ1v) is 9.41. The second-order valence-electron chi connectivity index (χ2n) is 5.70. The largest absolute Gasteiger partial charge is 0.452 e. The molecule has 0 aliphatic carbocycles. The van der Waals surface area contributed by atoms with Crippen molar-refractivity contribution in [1.29, 1.82) is 0 Å². The maximum Gasteiger partial charge on any atom is 0.338 e. The van der Waals surface area contributed by atoms with Crippen LogP contribution < -0.4 is 5.14 Å². The minimum atomic E-state index is -4.06. The number of piperidine rings is 1. The molecule has 1 aromatic rings. The van der Waals surface area contributed by atoms with Crippen LogP contribution in [-0.2, 0) is 19.6 Å². The van der Waals surface area contributed by atoms with Gasteiger partial charge in [0.1, 0.15) is 4.90 Å². The molecule has 1 atom stereocenters. The average molecular weight is 375 g/mol. The van der Waals surface area contributed by atoms with E-state index in [4.69, 9.17) is 21.5 Å². The van der Waals surface area contributed by atoms with Crippen molar-refractivity contribution in [1.82, 2.24) is 4.90 Å². The van der Waals surface area contributed by atoms with E-state index in [0.29, 0.717) is 6.54 Å². The summed E-state index contributed by atoms with van der Waals surface area (Å²) >= 11 is 5.76. The molecular weight excluding hydrogens is 356 g/mol. The number of carbonyl (C=O) groups excluding carboxylic acids is 2. The molecule has 0 radical (unpaired) electrons. The molecule has 1 aromatic carbocycles. The van der Waals surface area contributed by atoms with Gasteiger partial charge in [0, 0.05) is 12.6 Å². The number of amides is 1. The van der Waals surface area contributed by atoms with Gasteiger partial charge in [-0.15, -0.1) is 0 Å². The van der Waals surface area contributed by atoms with E-state index in [2.05, 4.69) is 0 Å². The van der Waals surface area contributed by atoms with Crippen LogP contribution in [0.2, 0.25) is 5.02 Å². The van der Waals surface area contributed by atoms with Crippen molar-refractivity contribution in [2.45, 2.75) is 37.1 Å². The number of rotatable bonds is 4. The summed E-state index contributed by atoms with van der Waals surface area (Å²) in [5, 5.41) is 4.95.